The number of anilines is 1. The van der Waals surface area contributed by atoms with Gasteiger partial charge in [0.15, 0.2) is 0 Å². The number of aromatic nitrogens is 5. The average Bonchev–Trinajstić information content (AvgIpc) is 3.66. The lowest BCUT2D eigenvalue weighted by atomic mass is 10.0. The molecule has 0 atom stereocenters. The van der Waals surface area contributed by atoms with Gasteiger partial charge in [0.1, 0.15) is 5.69 Å². The molecule has 1 aliphatic carbocycles. The van der Waals surface area contributed by atoms with E-state index in [2.05, 4.69) is 15.4 Å². The second-order valence-electron chi connectivity index (χ2n) is 10.2. The van der Waals surface area contributed by atoms with Gasteiger partial charge in [-0.1, -0.05) is 36.1 Å². The van der Waals surface area contributed by atoms with Crippen molar-refractivity contribution in [2.45, 2.75) is 51.1 Å². The molecule has 9 nitrogen and oxygen atoms in total. The summed E-state index contributed by atoms with van der Waals surface area (Å²) in [6.45, 7) is -0.926. The molecule has 42 heavy (non-hydrogen) atoms. The van der Waals surface area contributed by atoms with Crippen molar-refractivity contribution in [1.82, 2.24) is 24.8 Å². The molecule has 0 saturated heterocycles. The van der Waals surface area contributed by atoms with E-state index < -0.39 is 36.0 Å². The van der Waals surface area contributed by atoms with Crippen LogP contribution in [0.3, 0.4) is 0 Å². The van der Waals surface area contributed by atoms with E-state index in [1.807, 2.05) is 0 Å². The molecule has 1 fully saturated rings. The zero-order chi connectivity index (χ0) is 30.4. The van der Waals surface area contributed by atoms with Crippen molar-refractivity contribution >= 4 is 28.7 Å². The van der Waals surface area contributed by atoms with Gasteiger partial charge in [-0.3, -0.25) is 9.36 Å². The number of benzene rings is 2. The van der Waals surface area contributed by atoms with E-state index in [1.54, 1.807) is 24.3 Å². The van der Waals surface area contributed by atoms with Crippen LogP contribution in [0.1, 0.15) is 63.2 Å². The molecule has 0 spiro atoms. The highest BCUT2D eigenvalue weighted by atomic mass is 19.4. The molecule has 0 amide bonds. The van der Waals surface area contributed by atoms with Crippen molar-refractivity contribution < 1.29 is 41.0 Å². The predicted molar refractivity (Wildman–Crippen MR) is 137 cm³/mol. The Balaban J connectivity index is 1.65. The summed E-state index contributed by atoms with van der Waals surface area (Å²) in [4.78, 5) is 28.4. The van der Waals surface area contributed by atoms with Crippen molar-refractivity contribution in [3.63, 3.8) is 0 Å². The maximum absolute atomic E-state index is 13.6. The Morgan fingerprint density at radius 3 is 2.14 bits per heavy atom. The third kappa shape index (κ3) is 5.67. The number of aromatic carboxylic acids is 1. The normalized spacial score (nSPS) is 14.5. The monoisotopic (exact) mass is 594 g/mol. The van der Waals surface area contributed by atoms with Crippen LogP contribution in [-0.2, 0) is 32.5 Å². The molecule has 1 N–H and O–H groups in total. The zero-order valence-corrected chi connectivity index (χ0v) is 22.1. The standard InChI is InChI=1S/C27H24F6N6O3/c1-37-35-25(34-36-37)38(13-15-10-17(26(28,29)30)12-18(11-15)27(31,32)33)14-20-19-8-4-5-9-21(19)39(22(20)24(41)42)23(40)16-6-2-3-7-16/h4-5,8-12,16H,2-3,6-7,13-14H2,1H3,(H,41,42). The van der Waals surface area contributed by atoms with Crippen molar-refractivity contribution in [2.75, 3.05) is 4.90 Å². The fourth-order valence-corrected chi connectivity index (χ4v) is 5.40. The third-order valence-electron chi connectivity index (χ3n) is 7.26. The average molecular weight is 595 g/mol. The number of carboxylic acids is 1. The molecule has 0 aliphatic heterocycles. The van der Waals surface area contributed by atoms with Crippen LogP contribution in [-0.4, -0.2) is 41.8 Å². The Labute approximate surface area is 234 Å². The zero-order valence-electron chi connectivity index (χ0n) is 22.1. The quantitative estimate of drug-likeness (QED) is 0.264. The number of aryl methyl sites for hydroxylation is 1. The Hall–Kier alpha value is -4.43. The van der Waals surface area contributed by atoms with Crippen LogP contribution in [0.2, 0.25) is 0 Å². The summed E-state index contributed by atoms with van der Waals surface area (Å²) < 4.78 is 82.5. The number of fused-ring (bicyclic) bond motifs is 1. The van der Waals surface area contributed by atoms with Crippen LogP contribution in [0.15, 0.2) is 42.5 Å². The summed E-state index contributed by atoms with van der Waals surface area (Å²) in [5.41, 5.74) is -3.25. The number of tetrazole rings is 1. The summed E-state index contributed by atoms with van der Waals surface area (Å²) in [6, 6.07) is 7.66. The number of para-hydroxylation sites is 1. The molecule has 5 rings (SSSR count). The van der Waals surface area contributed by atoms with E-state index >= 15 is 0 Å². The molecule has 1 saturated carbocycles. The lowest BCUT2D eigenvalue weighted by Crippen LogP contribution is -2.27. The smallest absolute Gasteiger partial charge is 0.416 e. The minimum absolute atomic E-state index is 0.0270. The molecule has 0 radical (unpaired) electrons. The molecule has 0 bridgehead atoms. The highest BCUT2D eigenvalue weighted by molar-refractivity contribution is 6.05. The fraction of sp³-hybridized carbons (Fsp3) is 0.370. The number of halogens is 6. The summed E-state index contributed by atoms with van der Waals surface area (Å²) in [6.07, 6.45) is -7.26. The van der Waals surface area contributed by atoms with Crippen LogP contribution < -0.4 is 4.90 Å². The maximum atomic E-state index is 13.6. The van der Waals surface area contributed by atoms with Crippen LogP contribution >= 0.6 is 0 Å². The molecule has 1 aliphatic rings. The first kappa shape index (κ1) is 29.1. The van der Waals surface area contributed by atoms with Crippen molar-refractivity contribution in [3.05, 3.63) is 70.4 Å². The first-order valence-electron chi connectivity index (χ1n) is 12.9. The summed E-state index contributed by atoms with van der Waals surface area (Å²) in [7, 11) is 1.41. The largest absolute Gasteiger partial charge is 0.477 e. The minimum atomic E-state index is -5.06. The highest BCUT2D eigenvalue weighted by Crippen LogP contribution is 2.38. The van der Waals surface area contributed by atoms with Gasteiger partial charge in [-0.05, 0) is 47.9 Å². The van der Waals surface area contributed by atoms with Gasteiger partial charge in [0.25, 0.3) is 5.95 Å². The number of carbonyl (C=O) groups excluding carboxylic acids is 1. The Morgan fingerprint density at radius 1 is 0.976 bits per heavy atom. The topological polar surface area (TPSA) is 106 Å². The lowest BCUT2D eigenvalue weighted by Gasteiger charge is -2.23. The molecular weight excluding hydrogens is 570 g/mol. The van der Waals surface area contributed by atoms with Crippen LogP contribution in [0.5, 0.6) is 0 Å². The van der Waals surface area contributed by atoms with Gasteiger partial charge in [-0.25, -0.2) is 4.79 Å². The van der Waals surface area contributed by atoms with E-state index in [0.717, 1.165) is 22.2 Å². The van der Waals surface area contributed by atoms with E-state index in [-0.39, 0.29) is 47.2 Å². The molecule has 0 unspecified atom stereocenters. The number of carbonyl (C=O) groups is 2. The van der Waals surface area contributed by atoms with Crippen LogP contribution in [0, 0.1) is 5.92 Å². The maximum Gasteiger partial charge on any atom is 0.416 e. The Bertz CT molecular complexity index is 1620. The van der Waals surface area contributed by atoms with E-state index in [0.29, 0.717) is 35.9 Å². The molecule has 2 aromatic carbocycles. The Morgan fingerprint density at radius 2 is 1.60 bits per heavy atom. The number of carboxylic acid groups (broad SMARTS) is 1. The molecule has 222 valence electrons. The van der Waals surface area contributed by atoms with E-state index in [1.165, 1.54) is 11.9 Å². The molecule has 2 aromatic heterocycles. The number of nitrogens with zero attached hydrogens (tertiary/aromatic N) is 6. The van der Waals surface area contributed by atoms with Crippen molar-refractivity contribution in [1.29, 1.82) is 0 Å². The number of alkyl halides is 6. The number of hydrogen-bond acceptors (Lipinski definition) is 6. The molecule has 2 heterocycles. The summed E-state index contributed by atoms with van der Waals surface area (Å²) in [5.74, 6) is -2.35. The number of rotatable bonds is 7. The van der Waals surface area contributed by atoms with Gasteiger partial charge < -0.3 is 10.0 Å². The molecular formula is C27H24F6N6O3. The fourth-order valence-electron chi connectivity index (χ4n) is 5.40. The Kier molecular flexibility index (Phi) is 7.45. The lowest BCUT2D eigenvalue weighted by molar-refractivity contribution is -0.143. The van der Waals surface area contributed by atoms with Crippen LogP contribution in [0.25, 0.3) is 10.9 Å². The van der Waals surface area contributed by atoms with Crippen molar-refractivity contribution in [3.8, 4) is 0 Å². The van der Waals surface area contributed by atoms with Gasteiger partial charge in [-0.2, -0.15) is 31.1 Å². The van der Waals surface area contributed by atoms with Crippen LogP contribution in [0.4, 0.5) is 32.3 Å². The summed E-state index contributed by atoms with van der Waals surface area (Å²) >= 11 is 0. The highest BCUT2D eigenvalue weighted by Gasteiger charge is 2.37. The SMILES string of the molecule is Cn1nnc(N(Cc2cc(C(F)(F)F)cc(C(F)(F)F)c2)Cc2c(C(=O)O)n(C(=O)C3CCCC3)c3ccccc23)n1. The second kappa shape index (κ2) is 10.8. The number of hydrogen-bond donors (Lipinski definition) is 1. The minimum Gasteiger partial charge on any atom is -0.477 e. The van der Waals surface area contributed by atoms with Crippen molar-refractivity contribution in [2.24, 2.45) is 13.0 Å². The van der Waals surface area contributed by atoms with Gasteiger partial charge >= 0.3 is 18.3 Å². The summed E-state index contributed by atoms with van der Waals surface area (Å²) in [5, 5.41) is 22.3. The van der Waals surface area contributed by atoms with Gasteiger partial charge in [0.05, 0.1) is 23.7 Å². The van der Waals surface area contributed by atoms with Gasteiger partial charge in [0, 0.05) is 30.0 Å². The second-order valence-corrected chi connectivity index (χ2v) is 10.2. The van der Waals surface area contributed by atoms with Gasteiger partial charge in [-0.15, -0.1) is 5.10 Å². The van der Waals surface area contributed by atoms with E-state index in [9.17, 15) is 41.0 Å². The first-order valence-corrected chi connectivity index (χ1v) is 12.9. The van der Waals surface area contributed by atoms with E-state index in [4.69, 9.17) is 0 Å². The van der Waals surface area contributed by atoms with Gasteiger partial charge in [0.2, 0.25) is 5.91 Å². The molecule has 15 heteroatoms. The predicted octanol–water partition coefficient (Wildman–Crippen LogP) is 5.94. The first-order chi connectivity index (χ1) is 19.7. The molecule has 4 aromatic rings. The third-order valence-corrected chi connectivity index (χ3v) is 7.26.